The van der Waals surface area contributed by atoms with Crippen LogP contribution in [0, 0.1) is 0 Å². The molecular weight excluding hydrogens is 358 g/mol. The number of ether oxygens (including phenoxy) is 2. The number of benzene rings is 2. The van der Waals surface area contributed by atoms with E-state index in [0.29, 0.717) is 28.3 Å². The molecule has 6 heteroatoms. The number of methoxy groups -OCH3 is 1. The maximum absolute atomic E-state index is 12.1. The molecule has 0 amide bonds. The quantitative estimate of drug-likeness (QED) is 0.273. The van der Waals surface area contributed by atoms with Crippen LogP contribution in [0.1, 0.15) is 13.3 Å². The number of anilines is 2. The van der Waals surface area contributed by atoms with E-state index in [2.05, 4.69) is 6.58 Å². The molecule has 28 heavy (non-hydrogen) atoms. The number of esters is 1. The fourth-order valence-electron chi connectivity index (χ4n) is 2.87. The summed E-state index contributed by atoms with van der Waals surface area (Å²) in [6.45, 7) is 5.48. The SMILES string of the molecule is C=C(C)CC(=O)Oc1cc(N(C)c2cc(=O)oc3ccccc23)ccc1OC. The van der Waals surface area contributed by atoms with E-state index in [4.69, 9.17) is 13.9 Å². The molecule has 3 rings (SSSR count). The van der Waals surface area contributed by atoms with Gasteiger partial charge in [-0.15, -0.1) is 0 Å². The zero-order valence-corrected chi connectivity index (χ0v) is 16.0. The molecule has 2 aromatic carbocycles. The largest absolute Gasteiger partial charge is 0.493 e. The van der Waals surface area contributed by atoms with Gasteiger partial charge in [-0.1, -0.05) is 24.3 Å². The molecule has 0 saturated carbocycles. The van der Waals surface area contributed by atoms with Crippen LogP contribution in [0.3, 0.4) is 0 Å². The molecule has 0 spiro atoms. The number of fused-ring (bicyclic) bond motifs is 1. The minimum atomic E-state index is -0.442. The van der Waals surface area contributed by atoms with E-state index in [1.807, 2.05) is 36.2 Å². The lowest BCUT2D eigenvalue weighted by Crippen LogP contribution is -2.14. The normalized spacial score (nSPS) is 10.5. The summed E-state index contributed by atoms with van der Waals surface area (Å²) in [5, 5.41) is 0.793. The van der Waals surface area contributed by atoms with Crippen LogP contribution in [0.5, 0.6) is 11.5 Å². The van der Waals surface area contributed by atoms with Gasteiger partial charge in [-0.05, 0) is 31.2 Å². The highest BCUT2D eigenvalue weighted by Gasteiger charge is 2.16. The molecule has 0 fully saturated rings. The number of hydrogen-bond acceptors (Lipinski definition) is 6. The van der Waals surface area contributed by atoms with Crippen molar-refractivity contribution in [3.8, 4) is 11.5 Å². The van der Waals surface area contributed by atoms with Gasteiger partial charge in [0.05, 0.1) is 19.2 Å². The summed E-state index contributed by atoms with van der Waals surface area (Å²) in [6, 6.07) is 14.0. The molecule has 0 aliphatic rings. The third kappa shape index (κ3) is 4.06. The van der Waals surface area contributed by atoms with Crippen LogP contribution in [0.15, 0.2) is 69.9 Å². The average molecular weight is 379 g/mol. The molecule has 0 saturated heterocycles. The van der Waals surface area contributed by atoms with Gasteiger partial charge in [-0.3, -0.25) is 4.79 Å². The van der Waals surface area contributed by atoms with Gasteiger partial charge in [0.15, 0.2) is 11.5 Å². The number of nitrogens with zero attached hydrogens (tertiary/aromatic N) is 1. The first-order chi connectivity index (χ1) is 13.4. The molecule has 144 valence electrons. The lowest BCUT2D eigenvalue weighted by atomic mass is 10.1. The van der Waals surface area contributed by atoms with E-state index in [9.17, 15) is 9.59 Å². The van der Waals surface area contributed by atoms with Crippen LogP contribution >= 0.6 is 0 Å². The number of rotatable bonds is 6. The Balaban J connectivity index is 2.02. The summed E-state index contributed by atoms with van der Waals surface area (Å²) in [4.78, 5) is 25.8. The Kier molecular flexibility index (Phi) is 5.49. The second kappa shape index (κ2) is 8.00. The molecule has 0 aliphatic carbocycles. The molecule has 1 aromatic heterocycles. The second-order valence-corrected chi connectivity index (χ2v) is 6.45. The molecule has 1 heterocycles. The Bertz CT molecular complexity index is 1100. The van der Waals surface area contributed by atoms with Crippen molar-refractivity contribution in [2.45, 2.75) is 13.3 Å². The molecule has 0 bridgehead atoms. The summed E-state index contributed by atoms with van der Waals surface area (Å²) in [5.41, 5.74) is 2.16. The van der Waals surface area contributed by atoms with Crippen molar-refractivity contribution < 1.29 is 18.7 Å². The predicted octanol–water partition coefficient (Wildman–Crippen LogP) is 4.44. The van der Waals surface area contributed by atoms with E-state index >= 15 is 0 Å². The first kappa shape index (κ1) is 19.2. The van der Waals surface area contributed by atoms with Crippen molar-refractivity contribution in [3.63, 3.8) is 0 Å². The van der Waals surface area contributed by atoms with Gasteiger partial charge >= 0.3 is 11.6 Å². The molecule has 0 N–H and O–H groups in total. The zero-order chi connectivity index (χ0) is 20.3. The summed E-state index contributed by atoms with van der Waals surface area (Å²) >= 11 is 0. The Morgan fingerprint density at radius 3 is 2.61 bits per heavy atom. The van der Waals surface area contributed by atoms with Crippen LogP contribution in [0.25, 0.3) is 11.0 Å². The van der Waals surface area contributed by atoms with E-state index < -0.39 is 11.6 Å². The highest BCUT2D eigenvalue weighted by atomic mass is 16.6. The molecule has 0 unspecified atom stereocenters. The maximum atomic E-state index is 12.1. The summed E-state index contributed by atoms with van der Waals surface area (Å²) < 4.78 is 16.0. The standard InChI is InChI=1S/C22H21NO5/c1-14(2)11-21(24)28-20-12-15(9-10-19(20)26-4)23(3)17-13-22(25)27-18-8-6-5-7-16(17)18/h5-10,12-13H,1,11H2,2-4H3. The Labute approximate surface area is 162 Å². The van der Waals surface area contributed by atoms with Crippen molar-refractivity contribution in [3.05, 3.63) is 71.1 Å². The molecule has 6 nitrogen and oxygen atoms in total. The molecule has 0 atom stereocenters. The minimum Gasteiger partial charge on any atom is -0.493 e. The number of hydrogen-bond donors (Lipinski definition) is 0. The highest BCUT2D eigenvalue weighted by Crippen LogP contribution is 2.36. The fourth-order valence-corrected chi connectivity index (χ4v) is 2.87. The van der Waals surface area contributed by atoms with Gasteiger partial charge in [0.1, 0.15) is 5.58 Å². The maximum Gasteiger partial charge on any atom is 0.338 e. The number of carbonyl (C=O) groups excluding carboxylic acids is 1. The van der Waals surface area contributed by atoms with Crippen molar-refractivity contribution in [2.75, 3.05) is 19.1 Å². The van der Waals surface area contributed by atoms with Crippen LogP contribution in [0.4, 0.5) is 11.4 Å². The summed E-state index contributed by atoms with van der Waals surface area (Å²) in [5.74, 6) is 0.312. The third-order valence-corrected chi connectivity index (χ3v) is 4.19. The smallest absolute Gasteiger partial charge is 0.338 e. The van der Waals surface area contributed by atoms with Crippen molar-refractivity contribution in [2.24, 2.45) is 0 Å². The third-order valence-electron chi connectivity index (χ3n) is 4.19. The van der Waals surface area contributed by atoms with E-state index in [1.165, 1.54) is 13.2 Å². The van der Waals surface area contributed by atoms with E-state index in [-0.39, 0.29) is 6.42 Å². The summed E-state index contributed by atoms with van der Waals surface area (Å²) in [6.07, 6.45) is 0.119. The Morgan fingerprint density at radius 2 is 1.89 bits per heavy atom. The van der Waals surface area contributed by atoms with Gasteiger partial charge in [0.2, 0.25) is 0 Å². The van der Waals surface area contributed by atoms with Crippen LogP contribution < -0.4 is 20.0 Å². The van der Waals surface area contributed by atoms with Gasteiger partial charge in [-0.25, -0.2) is 4.79 Å². The number of para-hydroxylation sites is 1. The van der Waals surface area contributed by atoms with Crippen LogP contribution in [0.2, 0.25) is 0 Å². The van der Waals surface area contributed by atoms with Crippen LogP contribution in [-0.4, -0.2) is 20.1 Å². The zero-order valence-electron chi connectivity index (χ0n) is 16.0. The van der Waals surface area contributed by atoms with Gasteiger partial charge < -0.3 is 18.8 Å². The van der Waals surface area contributed by atoms with Crippen LogP contribution in [-0.2, 0) is 4.79 Å². The number of carbonyl (C=O) groups is 1. The van der Waals surface area contributed by atoms with Crippen molar-refractivity contribution in [1.29, 1.82) is 0 Å². The highest BCUT2D eigenvalue weighted by molar-refractivity contribution is 5.92. The average Bonchev–Trinajstić information content (AvgIpc) is 2.66. The van der Waals surface area contributed by atoms with E-state index in [1.54, 1.807) is 25.1 Å². The Hall–Kier alpha value is -3.54. The van der Waals surface area contributed by atoms with Gasteiger partial charge in [0, 0.05) is 30.3 Å². The molecule has 0 radical (unpaired) electrons. The first-order valence-corrected chi connectivity index (χ1v) is 8.68. The molecular formula is C22H21NO5. The molecule has 0 aliphatic heterocycles. The Morgan fingerprint density at radius 1 is 1.14 bits per heavy atom. The second-order valence-electron chi connectivity index (χ2n) is 6.45. The first-order valence-electron chi connectivity index (χ1n) is 8.68. The van der Waals surface area contributed by atoms with Crippen molar-refractivity contribution in [1.82, 2.24) is 0 Å². The minimum absolute atomic E-state index is 0.119. The van der Waals surface area contributed by atoms with E-state index in [0.717, 1.165) is 11.1 Å². The van der Waals surface area contributed by atoms with Gasteiger partial charge in [0.25, 0.3) is 0 Å². The monoisotopic (exact) mass is 379 g/mol. The molecule has 3 aromatic rings. The lowest BCUT2D eigenvalue weighted by molar-refractivity contribution is -0.133. The van der Waals surface area contributed by atoms with Gasteiger partial charge in [-0.2, -0.15) is 0 Å². The topological polar surface area (TPSA) is 69.0 Å². The van der Waals surface area contributed by atoms with Crippen molar-refractivity contribution >= 4 is 28.3 Å². The fraction of sp³-hybridized carbons (Fsp3) is 0.182. The lowest BCUT2D eigenvalue weighted by Gasteiger charge is -2.22. The summed E-state index contributed by atoms with van der Waals surface area (Å²) in [7, 11) is 3.33. The predicted molar refractivity (Wildman–Crippen MR) is 109 cm³/mol.